The number of nitrogens with zero attached hydrogens (tertiary/aromatic N) is 3. The molecule has 1 aliphatic heterocycles. The predicted octanol–water partition coefficient (Wildman–Crippen LogP) is 2.95. The van der Waals surface area contributed by atoms with E-state index in [1.165, 1.54) is 0 Å². The molecule has 0 aliphatic carbocycles. The fraction of sp³-hybridized carbons (Fsp3) is 0.533. The summed E-state index contributed by atoms with van der Waals surface area (Å²) in [4.78, 5) is 6.42. The summed E-state index contributed by atoms with van der Waals surface area (Å²) >= 11 is 0. The van der Waals surface area contributed by atoms with Crippen LogP contribution < -0.4 is 0 Å². The Kier molecular flexibility index (Phi) is 3.91. The van der Waals surface area contributed by atoms with E-state index in [1.54, 1.807) is 24.3 Å². The molecule has 6 heteroatoms. The number of likely N-dealkylation sites (tertiary alicyclic amines) is 1. The number of rotatable bonds is 3. The van der Waals surface area contributed by atoms with E-state index in [1.807, 2.05) is 11.8 Å². The van der Waals surface area contributed by atoms with Crippen molar-refractivity contribution in [2.75, 3.05) is 13.1 Å². The van der Waals surface area contributed by atoms with Crippen molar-refractivity contribution in [2.45, 2.75) is 38.5 Å². The molecule has 2 aromatic rings. The third-order valence-electron chi connectivity index (χ3n) is 4.17. The number of hydrogen-bond donors (Lipinski definition) is 1. The van der Waals surface area contributed by atoms with Crippen LogP contribution in [0.1, 0.15) is 38.2 Å². The fourth-order valence-electron chi connectivity index (χ4n) is 3.06. The van der Waals surface area contributed by atoms with Crippen molar-refractivity contribution >= 4 is 11.0 Å². The minimum atomic E-state index is -2.62. The normalized spacial score (nSPS) is 22.0. The first-order valence-corrected chi connectivity index (χ1v) is 7.25. The largest absolute Gasteiger partial charge is 0.392 e. The van der Waals surface area contributed by atoms with Crippen LogP contribution >= 0.6 is 0 Å². The van der Waals surface area contributed by atoms with Crippen LogP contribution in [-0.2, 0) is 0 Å². The number of benzene rings is 1. The maximum Gasteiger partial charge on any atom is 0.320 e. The van der Waals surface area contributed by atoms with Crippen molar-refractivity contribution in [3.05, 3.63) is 30.1 Å². The van der Waals surface area contributed by atoms with Crippen LogP contribution in [0.3, 0.4) is 0 Å². The second-order valence-electron chi connectivity index (χ2n) is 5.57. The second kappa shape index (κ2) is 5.69. The average molecular weight is 295 g/mol. The molecule has 2 unspecified atom stereocenters. The van der Waals surface area contributed by atoms with E-state index < -0.39 is 6.55 Å². The van der Waals surface area contributed by atoms with Gasteiger partial charge in [0.1, 0.15) is 5.82 Å². The van der Waals surface area contributed by atoms with Crippen LogP contribution in [0.2, 0.25) is 0 Å². The first-order valence-electron chi connectivity index (χ1n) is 7.25. The predicted molar refractivity (Wildman–Crippen MR) is 76.2 cm³/mol. The molecule has 1 aromatic heterocycles. The van der Waals surface area contributed by atoms with E-state index in [9.17, 15) is 13.9 Å². The summed E-state index contributed by atoms with van der Waals surface area (Å²) < 4.78 is 27.9. The number of aliphatic hydroxyl groups is 1. The van der Waals surface area contributed by atoms with Crippen LogP contribution in [0.15, 0.2) is 24.3 Å². The van der Waals surface area contributed by atoms with Crippen molar-refractivity contribution in [1.82, 2.24) is 14.5 Å². The Morgan fingerprint density at radius 1 is 1.33 bits per heavy atom. The van der Waals surface area contributed by atoms with Gasteiger partial charge in [-0.15, -0.1) is 0 Å². The average Bonchev–Trinajstić information content (AvgIpc) is 2.85. The SMILES string of the molecule is CC(c1nc2ccccc2n1C(F)F)N1CCCC(O)C1. The van der Waals surface area contributed by atoms with Gasteiger partial charge in [-0.3, -0.25) is 9.47 Å². The highest BCUT2D eigenvalue weighted by atomic mass is 19.3. The van der Waals surface area contributed by atoms with Gasteiger partial charge in [0.15, 0.2) is 0 Å². The Balaban J connectivity index is 2.00. The summed E-state index contributed by atoms with van der Waals surface area (Å²) in [6.45, 7) is 0.556. The van der Waals surface area contributed by atoms with Crippen molar-refractivity contribution in [2.24, 2.45) is 0 Å². The Morgan fingerprint density at radius 3 is 2.81 bits per heavy atom. The molecule has 0 radical (unpaired) electrons. The molecular formula is C15H19F2N3O. The van der Waals surface area contributed by atoms with E-state index in [4.69, 9.17) is 0 Å². The number of fused-ring (bicyclic) bond motifs is 1. The number of imidazole rings is 1. The zero-order valence-corrected chi connectivity index (χ0v) is 11.9. The molecule has 114 valence electrons. The van der Waals surface area contributed by atoms with Crippen LogP contribution in [-0.4, -0.2) is 38.8 Å². The van der Waals surface area contributed by atoms with Crippen molar-refractivity contribution in [1.29, 1.82) is 0 Å². The van der Waals surface area contributed by atoms with Crippen LogP contribution in [0.25, 0.3) is 11.0 Å². The third kappa shape index (κ3) is 2.65. The maximum absolute atomic E-state index is 13.5. The number of aromatic nitrogens is 2. The van der Waals surface area contributed by atoms with E-state index in [0.29, 0.717) is 23.4 Å². The summed E-state index contributed by atoms with van der Waals surface area (Å²) in [5.74, 6) is 0.361. The lowest BCUT2D eigenvalue weighted by molar-refractivity contribution is 0.0365. The number of β-amino-alcohol motifs (C(OH)–C–C–N with tert-alkyl or cyclic N) is 1. The highest BCUT2D eigenvalue weighted by molar-refractivity contribution is 5.76. The van der Waals surface area contributed by atoms with Crippen LogP contribution in [0.5, 0.6) is 0 Å². The number of piperidine rings is 1. The fourth-order valence-corrected chi connectivity index (χ4v) is 3.06. The molecule has 21 heavy (non-hydrogen) atoms. The minimum absolute atomic E-state index is 0.249. The van der Waals surface area contributed by atoms with Gasteiger partial charge < -0.3 is 5.11 Å². The zero-order chi connectivity index (χ0) is 15.0. The van der Waals surface area contributed by atoms with Gasteiger partial charge in [-0.25, -0.2) is 4.98 Å². The lowest BCUT2D eigenvalue weighted by atomic mass is 10.1. The molecule has 1 aliphatic rings. The Hall–Kier alpha value is -1.53. The van der Waals surface area contributed by atoms with Gasteiger partial charge in [0, 0.05) is 6.54 Å². The number of alkyl halides is 2. The Bertz CT molecular complexity index is 628. The number of halogens is 2. The quantitative estimate of drug-likeness (QED) is 0.946. The molecule has 1 fully saturated rings. The summed E-state index contributed by atoms with van der Waals surface area (Å²) in [6.07, 6.45) is 1.26. The zero-order valence-electron chi connectivity index (χ0n) is 11.9. The van der Waals surface area contributed by atoms with Crippen LogP contribution in [0, 0.1) is 0 Å². The minimum Gasteiger partial charge on any atom is -0.392 e. The highest BCUT2D eigenvalue weighted by Gasteiger charge is 2.28. The molecule has 0 amide bonds. The van der Waals surface area contributed by atoms with Gasteiger partial charge in [-0.05, 0) is 38.4 Å². The Labute approximate surface area is 122 Å². The molecule has 2 atom stereocenters. The number of hydrogen-bond acceptors (Lipinski definition) is 3. The third-order valence-corrected chi connectivity index (χ3v) is 4.17. The van der Waals surface area contributed by atoms with E-state index in [0.717, 1.165) is 24.0 Å². The first kappa shape index (κ1) is 14.4. The molecule has 0 saturated carbocycles. The van der Waals surface area contributed by atoms with Gasteiger partial charge in [0.25, 0.3) is 0 Å². The standard InChI is InChI=1S/C15H19F2N3O/c1-10(19-8-4-5-11(21)9-19)14-18-12-6-2-3-7-13(12)20(14)15(16)17/h2-3,6-7,10-11,15,21H,4-5,8-9H2,1H3. The highest BCUT2D eigenvalue weighted by Crippen LogP contribution is 2.30. The summed E-state index contributed by atoms with van der Waals surface area (Å²) in [7, 11) is 0. The molecule has 3 rings (SSSR count). The molecule has 1 saturated heterocycles. The van der Waals surface area contributed by atoms with Gasteiger partial charge in [-0.2, -0.15) is 8.78 Å². The smallest absolute Gasteiger partial charge is 0.320 e. The van der Waals surface area contributed by atoms with Gasteiger partial charge in [0.05, 0.1) is 23.2 Å². The number of aliphatic hydroxyl groups excluding tert-OH is 1. The van der Waals surface area contributed by atoms with Crippen LogP contribution in [0.4, 0.5) is 8.78 Å². The van der Waals surface area contributed by atoms with Gasteiger partial charge in [0.2, 0.25) is 0 Å². The molecule has 4 nitrogen and oxygen atoms in total. The summed E-state index contributed by atoms with van der Waals surface area (Å²) in [6, 6.07) is 6.69. The topological polar surface area (TPSA) is 41.3 Å². The molecule has 1 N–H and O–H groups in total. The van der Waals surface area contributed by atoms with Crippen molar-refractivity contribution < 1.29 is 13.9 Å². The van der Waals surface area contributed by atoms with E-state index >= 15 is 0 Å². The monoisotopic (exact) mass is 295 g/mol. The lowest BCUT2D eigenvalue weighted by Crippen LogP contribution is -2.40. The first-order chi connectivity index (χ1) is 10.1. The molecule has 0 spiro atoms. The summed E-state index contributed by atoms with van der Waals surface area (Å²) in [5.41, 5.74) is 1.03. The van der Waals surface area contributed by atoms with Gasteiger partial charge in [-0.1, -0.05) is 12.1 Å². The number of para-hydroxylation sites is 2. The lowest BCUT2D eigenvalue weighted by Gasteiger charge is -2.34. The van der Waals surface area contributed by atoms with Crippen molar-refractivity contribution in [3.8, 4) is 0 Å². The van der Waals surface area contributed by atoms with E-state index in [2.05, 4.69) is 4.98 Å². The second-order valence-corrected chi connectivity index (χ2v) is 5.57. The molecule has 2 heterocycles. The molecular weight excluding hydrogens is 276 g/mol. The van der Waals surface area contributed by atoms with E-state index in [-0.39, 0.29) is 12.1 Å². The maximum atomic E-state index is 13.5. The Morgan fingerprint density at radius 2 is 2.10 bits per heavy atom. The van der Waals surface area contributed by atoms with Crippen molar-refractivity contribution in [3.63, 3.8) is 0 Å². The van der Waals surface area contributed by atoms with Gasteiger partial charge >= 0.3 is 6.55 Å². The molecule has 1 aromatic carbocycles. The molecule has 0 bridgehead atoms. The summed E-state index contributed by atoms with van der Waals surface area (Å²) in [5, 5.41) is 9.78.